The summed E-state index contributed by atoms with van der Waals surface area (Å²) in [7, 11) is 0.369. The first-order valence-electron chi connectivity index (χ1n) is 8.16. The van der Waals surface area contributed by atoms with Gasteiger partial charge in [0.05, 0.1) is 9.92 Å². The molecule has 0 atom stereocenters. The summed E-state index contributed by atoms with van der Waals surface area (Å²) in [5.41, 5.74) is 1.32. The number of carbonyl (C=O) groups is 1. The predicted octanol–water partition coefficient (Wildman–Crippen LogP) is 2.95. The van der Waals surface area contributed by atoms with Gasteiger partial charge in [-0.15, -0.1) is 0 Å². The Bertz CT molecular complexity index is 868. The lowest BCUT2D eigenvalue weighted by Gasteiger charge is -2.25. The first-order chi connectivity index (χ1) is 12.2. The number of likely N-dealkylation sites (N-methyl/N-ethyl adjacent to an activating group) is 1. The molecule has 0 heterocycles. The predicted molar refractivity (Wildman–Crippen MR) is 104 cm³/mol. The van der Waals surface area contributed by atoms with Crippen LogP contribution in [0.3, 0.4) is 0 Å². The van der Waals surface area contributed by atoms with Gasteiger partial charge in [-0.05, 0) is 37.9 Å². The molecular formula is C19H23ClN2O3S. The second-order valence-corrected chi connectivity index (χ2v) is 8.82. The first-order valence-corrected chi connectivity index (χ1v) is 10.4. The number of sulfone groups is 1. The van der Waals surface area contributed by atoms with Crippen molar-refractivity contribution in [2.45, 2.75) is 11.4 Å². The molecule has 0 aliphatic rings. The topological polar surface area (TPSA) is 57.7 Å². The summed E-state index contributed by atoms with van der Waals surface area (Å²) in [5, 5.41) is 0.118. The van der Waals surface area contributed by atoms with Crippen LogP contribution in [0, 0.1) is 0 Å². The lowest BCUT2D eigenvalue weighted by atomic mass is 10.1. The molecular weight excluding hydrogens is 372 g/mol. The Kier molecular flexibility index (Phi) is 6.81. The summed E-state index contributed by atoms with van der Waals surface area (Å²) < 4.78 is 23.8. The minimum Gasteiger partial charge on any atom is -0.333 e. The molecule has 0 saturated carbocycles. The first kappa shape index (κ1) is 20.4. The average Bonchev–Trinajstić information content (AvgIpc) is 2.58. The number of halogens is 1. The van der Waals surface area contributed by atoms with E-state index >= 15 is 0 Å². The van der Waals surface area contributed by atoms with Crippen molar-refractivity contribution in [1.82, 2.24) is 9.80 Å². The fourth-order valence-electron chi connectivity index (χ4n) is 2.48. The molecule has 0 aliphatic heterocycles. The molecule has 0 spiro atoms. The van der Waals surface area contributed by atoms with Crippen LogP contribution in [-0.4, -0.2) is 57.6 Å². The van der Waals surface area contributed by atoms with Gasteiger partial charge in [0.1, 0.15) is 0 Å². The van der Waals surface area contributed by atoms with E-state index in [1.165, 1.54) is 12.1 Å². The van der Waals surface area contributed by atoms with Crippen LogP contribution >= 0.6 is 11.6 Å². The normalized spacial score (nSPS) is 11.6. The summed E-state index contributed by atoms with van der Waals surface area (Å²) in [6, 6.07) is 14.1. The SMILES string of the molecule is CN(C)CCN(Cc1ccccc1)C(=O)c1ccc(Cl)c(S(C)(=O)=O)c1. The minimum atomic E-state index is -3.51. The molecule has 0 bridgehead atoms. The molecule has 2 aromatic rings. The molecule has 0 N–H and O–H groups in total. The zero-order chi connectivity index (χ0) is 19.3. The van der Waals surface area contributed by atoms with Crippen LogP contribution in [0.1, 0.15) is 15.9 Å². The third-order valence-corrected chi connectivity index (χ3v) is 5.48. The minimum absolute atomic E-state index is 0.0303. The van der Waals surface area contributed by atoms with Gasteiger partial charge in [0.15, 0.2) is 9.84 Å². The summed E-state index contributed by atoms with van der Waals surface area (Å²) >= 11 is 5.99. The van der Waals surface area contributed by atoms with Gasteiger partial charge in [0.2, 0.25) is 0 Å². The van der Waals surface area contributed by atoms with Crippen LogP contribution in [-0.2, 0) is 16.4 Å². The van der Waals surface area contributed by atoms with Gasteiger partial charge in [0, 0.05) is 31.5 Å². The third kappa shape index (κ3) is 5.56. The van der Waals surface area contributed by atoms with Crippen LogP contribution in [0.15, 0.2) is 53.4 Å². The molecule has 140 valence electrons. The van der Waals surface area contributed by atoms with Crippen molar-refractivity contribution < 1.29 is 13.2 Å². The van der Waals surface area contributed by atoms with Crippen molar-refractivity contribution in [3.05, 3.63) is 64.7 Å². The largest absolute Gasteiger partial charge is 0.333 e. The van der Waals surface area contributed by atoms with Crippen molar-refractivity contribution in [1.29, 1.82) is 0 Å². The van der Waals surface area contributed by atoms with E-state index in [4.69, 9.17) is 11.6 Å². The fraction of sp³-hybridized carbons (Fsp3) is 0.316. The van der Waals surface area contributed by atoms with E-state index in [2.05, 4.69) is 0 Å². The molecule has 0 aromatic heterocycles. The number of amides is 1. The summed E-state index contributed by atoms with van der Waals surface area (Å²) in [6.45, 7) is 1.67. The lowest BCUT2D eigenvalue weighted by molar-refractivity contribution is 0.0731. The van der Waals surface area contributed by atoms with E-state index in [9.17, 15) is 13.2 Å². The van der Waals surface area contributed by atoms with E-state index < -0.39 is 9.84 Å². The van der Waals surface area contributed by atoms with Crippen LogP contribution in [0.4, 0.5) is 0 Å². The number of carbonyl (C=O) groups excluding carboxylic acids is 1. The van der Waals surface area contributed by atoms with Crippen molar-refractivity contribution in [3.63, 3.8) is 0 Å². The van der Waals surface area contributed by atoms with Crippen molar-refractivity contribution >= 4 is 27.3 Å². The van der Waals surface area contributed by atoms with Crippen LogP contribution in [0.5, 0.6) is 0 Å². The number of hydrogen-bond acceptors (Lipinski definition) is 4. The Balaban J connectivity index is 2.33. The molecule has 0 saturated heterocycles. The van der Waals surface area contributed by atoms with Gasteiger partial charge in [0.25, 0.3) is 5.91 Å². The monoisotopic (exact) mass is 394 g/mol. The van der Waals surface area contributed by atoms with Gasteiger partial charge in [-0.2, -0.15) is 0 Å². The summed E-state index contributed by atoms with van der Waals surface area (Å²) in [5.74, 6) is -0.225. The average molecular weight is 395 g/mol. The van der Waals surface area contributed by atoms with E-state index in [-0.39, 0.29) is 15.8 Å². The summed E-state index contributed by atoms with van der Waals surface area (Å²) in [6.07, 6.45) is 1.08. The standard InChI is InChI=1S/C19H23ClN2O3S/c1-21(2)11-12-22(14-15-7-5-4-6-8-15)19(23)16-9-10-17(20)18(13-16)26(3,24)25/h4-10,13H,11-12,14H2,1-3H3. The highest BCUT2D eigenvalue weighted by molar-refractivity contribution is 7.90. The van der Waals surface area contributed by atoms with E-state index in [1.54, 1.807) is 11.0 Å². The molecule has 26 heavy (non-hydrogen) atoms. The lowest BCUT2D eigenvalue weighted by Crippen LogP contribution is -2.36. The molecule has 0 unspecified atom stereocenters. The van der Waals surface area contributed by atoms with Gasteiger partial charge >= 0.3 is 0 Å². The highest BCUT2D eigenvalue weighted by Crippen LogP contribution is 2.23. The molecule has 7 heteroatoms. The van der Waals surface area contributed by atoms with E-state index in [1.807, 2.05) is 49.3 Å². The summed E-state index contributed by atoms with van der Waals surface area (Å²) in [4.78, 5) is 16.7. The Labute approximate surface area is 160 Å². The Morgan fingerprint density at radius 1 is 1.04 bits per heavy atom. The highest BCUT2D eigenvalue weighted by Gasteiger charge is 2.20. The van der Waals surface area contributed by atoms with Gasteiger partial charge in [-0.3, -0.25) is 4.79 Å². The molecule has 1 amide bonds. The molecule has 0 radical (unpaired) electrons. The number of rotatable bonds is 7. The quantitative estimate of drug-likeness (QED) is 0.724. The molecule has 0 fully saturated rings. The van der Waals surface area contributed by atoms with Gasteiger partial charge in [-0.25, -0.2) is 8.42 Å². The Morgan fingerprint density at radius 2 is 1.69 bits per heavy atom. The molecule has 0 aliphatic carbocycles. The maximum Gasteiger partial charge on any atom is 0.254 e. The molecule has 2 aromatic carbocycles. The number of nitrogens with zero attached hydrogens (tertiary/aromatic N) is 2. The zero-order valence-electron chi connectivity index (χ0n) is 15.1. The van der Waals surface area contributed by atoms with Crippen molar-refractivity contribution in [2.75, 3.05) is 33.4 Å². The third-order valence-electron chi connectivity index (χ3n) is 3.90. The molecule has 5 nitrogen and oxygen atoms in total. The number of hydrogen-bond donors (Lipinski definition) is 0. The van der Waals surface area contributed by atoms with E-state index in [0.717, 1.165) is 11.8 Å². The smallest absolute Gasteiger partial charge is 0.254 e. The van der Waals surface area contributed by atoms with Gasteiger partial charge in [-0.1, -0.05) is 41.9 Å². The second-order valence-electron chi connectivity index (χ2n) is 6.43. The Morgan fingerprint density at radius 3 is 2.27 bits per heavy atom. The fourth-order valence-corrected chi connectivity index (χ4v) is 3.78. The second kappa shape index (κ2) is 8.66. The van der Waals surface area contributed by atoms with Crippen molar-refractivity contribution in [3.8, 4) is 0 Å². The van der Waals surface area contributed by atoms with Crippen molar-refractivity contribution in [2.24, 2.45) is 0 Å². The highest BCUT2D eigenvalue weighted by atomic mass is 35.5. The van der Waals surface area contributed by atoms with Crippen LogP contribution in [0.2, 0.25) is 5.02 Å². The van der Waals surface area contributed by atoms with Gasteiger partial charge < -0.3 is 9.80 Å². The maximum absolute atomic E-state index is 13.0. The Hall–Kier alpha value is -1.89. The maximum atomic E-state index is 13.0. The van der Waals surface area contributed by atoms with Crippen LogP contribution in [0.25, 0.3) is 0 Å². The number of benzene rings is 2. The van der Waals surface area contributed by atoms with Crippen LogP contribution < -0.4 is 0 Å². The molecule has 2 rings (SSSR count). The van der Waals surface area contributed by atoms with E-state index in [0.29, 0.717) is 25.2 Å². The zero-order valence-corrected chi connectivity index (χ0v) is 16.7.